The molecule has 4 aliphatic rings. The standard InChI is InChI=1S/C22H24ClFN4O3/c23-16-2-1-15(8-17(16)24)31-11-21(29)27-18-9-19(14-6-13(18)7-14)28-22(30)20-5-12(10-25)3-4-26-20/h1-2,8,12-14,18-19H,3-7,9,11H2,(H,27,29)(H,28,30). The van der Waals surface area contributed by atoms with E-state index in [9.17, 15) is 14.0 Å². The molecular formula is C22H24ClFN4O3. The molecule has 7 nitrogen and oxygen atoms in total. The van der Waals surface area contributed by atoms with Gasteiger partial charge in [-0.3, -0.25) is 14.6 Å². The average molecular weight is 447 g/mol. The Balaban J connectivity index is 1.28. The molecule has 5 rings (SSSR count). The van der Waals surface area contributed by atoms with Gasteiger partial charge in [0.15, 0.2) is 6.61 Å². The van der Waals surface area contributed by atoms with Gasteiger partial charge in [-0.2, -0.15) is 5.26 Å². The van der Waals surface area contributed by atoms with Crippen molar-refractivity contribution in [1.29, 1.82) is 5.26 Å². The molecule has 1 aliphatic heterocycles. The minimum Gasteiger partial charge on any atom is -0.484 e. The smallest absolute Gasteiger partial charge is 0.265 e. The molecule has 1 aromatic carbocycles. The van der Waals surface area contributed by atoms with Gasteiger partial charge < -0.3 is 15.4 Å². The van der Waals surface area contributed by atoms with E-state index in [0.29, 0.717) is 43.4 Å². The van der Waals surface area contributed by atoms with Crippen molar-refractivity contribution in [2.45, 2.75) is 44.2 Å². The number of benzene rings is 1. The van der Waals surface area contributed by atoms with E-state index in [0.717, 1.165) is 18.9 Å². The highest BCUT2D eigenvalue weighted by molar-refractivity contribution is 6.39. The summed E-state index contributed by atoms with van der Waals surface area (Å²) in [5.41, 5.74) is 0.448. The van der Waals surface area contributed by atoms with Gasteiger partial charge in [-0.25, -0.2) is 4.39 Å². The fourth-order valence-corrected chi connectivity index (χ4v) is 4.74. The van der Waals surface area contributed by atoms with Crippen molar-refractivity contribution in [3.8, 4) is 11.8 Å². The Kier molecular flexibility index (Phi) is 6.42. The first-order valence-electron chi connectivity index (χ1n) is 10.5. The fourth-order valence-electron chi connectivity index (χ4n) is 4.62. The maximum Gasteiger partial charge on any atom is 0.265 e. The van der Waals surface area contributed by atoms with Crippen LogP contribution in [0.5, 0.6) is 5.75 Å². The second-order valence-corrected chi connectivity index (χ2v) is 8.90. The van der Waals surface area contributed by atoms with E-state index in [2.05, 4.69) is 21.7 Å². The minimum absolute atomic E-state index is 0.00559. The Morgan fingerprint density at radius 2 is 1.97 bits per heavy atom. The van der Waals surface area contributed by atoms with Crippen molar-refractivity contribution in [2.24, 2.45) is 22.7 Å². The summed E-state index contributed by atoms with van der Waals surface area (Å²) in [4.78, 5) is 29.3. The maximum absolute atomic E-state index is 13.5. The van der Waals surface area contributed by atoms with Crippen molar-refractivity contribution in [2.75, 3.05) is 13.2 Å². The molecule has 3 aliphatic carbocycles. The zero-order valence-corrected chi connectivity index (χ0v) is 17.7. The predicted octanol–water partition coefficient (Wildman–Crippen LogP) is 2.63. The van der Waals surface area contributed by atoms with Crippen LogP contribution in [0.4, 0.5) is 4.39 Å². The number of carbonyl (C=O) groups excluding carboxylic acids is 2. The summed E-state index contributed by atoms with van der Waals surface area (Å²) in [6, 6.07) is 6.17. The van der Waals surface area contributed by atoms with Crippen molar-refractivity contribution < 1.29 is 18.7 Å². The minimum atomic E-state index is -0.602. The lowest BCUT2D eigenvalue weighted by molar-refractivity contribution is -0.125. The van der Waals surface area contributed by atoms with Gasteiger partial charge in [-0.05, 0) is 49.7 Å². The van der Waals surface area contributed by atoms with E-state index < -0.39 is 5.82 Å². The first-order chi connectivity index (χ1) is 14.9. The number of rotatable bonds is 6. The van der Waals surface area contributed by atoms with Gasteiger partial charge in [0.2, 0.25) is 0 Å². The number of fused-ring (bicyclic) bond motifs is 2. The topological polar surface area (TPSA) is 104 Å². The summed E-state index contributed by atoms with van der Waals surface area (Å²) in [5, 5.41) is 15.2. The van der Waals surface area contributed by atoms with Gasteiger partial charge in [-0.15, -0.1) is 0 Å². The summed E-state index contributed by atoms with van der Waals surface area (Å²) >= 11 is 5.65. The van der Waals surface area contributed by atoms with E-state index in [1.807, 2.05) is 0 Å². The van der Waals surface area contributed by atoms with Gasteiger partial charge in [-0.1, -0.05) is 11.6 Å². The van der Waals surface area contributed by atoms with E-state index in [1.54, 1.807) is 0 Å². The van der Waals surface area contributed by atoms with Crippen LogP contribution in [-0.4, -0.2) is 42.8 Å². The molecule has 0 radical (unpaired) electrons. The highest BCUT2D eigenvalue weighted by Gasteiger charge is 2.47. The third-order valence-corrected chi connectivity index (χ3v) is 6.75. The van der Waals surface area contributed by atoms with Gasteiger partial charge in [0, 0.05) is 31.1 Å². The van der Waals surface area contributed by atoms with Crippen LogP contribution in [0.2, 0.25) is 5.02 Å². The molecule has 0 aromatic heterocycles. The van der Waals surface area contributed by atoms with Crippen LogP contribution in [0.15, 0.2) is 23.2 Å². The summed E-state index contributed by atoms with van der Waals surface area (Å²) in [6.07, 6.45) is 3.64. The summed E-state index contributed by atoms with van der Waals surface area (Å²) in [5.74, 6) is -0.207. The van der Waals surface area contributed by atoms with Gasteiger partial charge >= 0.3 is 0 Å². The fraction of sp³-hybridized carbons (Fsp3) is 0.545. The van der Waals surface area contributed by atoms with Gasteiger partial charge in [0.05, 0.1) is 17.0 Å². The number of hydrogen-bond donors (Lipinski definition) is 2. The first kappa shape index (κ1) is 21.6. The van der Waals surface area contributed by atoms with Crippen LogP contribution in [0.25, 0.3) is 0 Å². The number of nitriles is 1. The van der Waals surface area contributed by atoms with Crippen molar-refractivity contribution in [3.05, 3.63) is 29.0 Å². The molecule has 1 aromatic rings. The first-order valence-corrected chi connectivity index (χ1v) is 10.9. The highest BCUT2D eigenvalue weighted by Crippen LogP contribution is 2.45. The Morgan fingerprint density at radius 3 is 2.68 bits per heavy atom. The molecule has 1 heterocycles. The molecule has 2 amide bonds. The average Bonchev–Trinajstić information content (AvgIpc) is 2.73. The van der Waals surface area contributed by atoms with E-state index >= 15 is 0 Å². The predicted molar refractivity (Wildman–Crippen MR) is 112 cm³/mol. The molecule has 31 heavy (non-hydrogen) atoms. The molecule has 2 bridgehead atoms. The Hall–Kier alpha value is -2.66. The van der Waals surface area contributed by atoms with Crippen LogP contribution in [-0.2, 0) is 9.59 Å². The summed E-state index contributed by atoms with van der Waals surface area (Å²) in [6.45, 7) is 0.282. The number of nitrogens with zero attached hydrogens (tertiary/aromatic N) is 2. The number of carbonyl (C=O) groups is 2. The van der Waals surface area contributed by atoms with E-state index in [-0.39, 0.29) is 47.2 Å². The van der Waals surface area contributed by atoms with Crippen LogP contribution >= 0.6 is 11.6 Å². The SMILES string of the molecule is N#CC1CCN=C(C(=O)NC2CC(NC(=O)COc3ccc(Cl)c(F)c3)C3CC2C3)C1. The zero-order valence-electron chi connectivity index (χ0n) is 16.9. The molecule has 3 fully saturated rings. The second-order valence-electron chi connectivity index (χ2n) is 8.49. The second kappa shape index (κ2) is 9.23. The monoisotopic (exact) mass is 446 g/mol. The van der Waals surface area contributed by atoms with E-state index in [4.69, 9.17) is 21.6 Å². The zero-order chi connectivity index (χ0) is 22.0. The van der Waals surface area contributed by atoms with Crippen LogP contribution in [0, 0.1) is 34.9 Å². The normalized spacial score (nSPS) is 29.1. The molecule has 0 spiro atoms. The largest absolute Gasteiger partial charge is 0.484 e. The number of halogens is 2. The maximum atomic E-state index is 13.5. The van der Waals surface area contributed by atoms with Crippen molar-refractivity contribution >= 4 is 29.1 Å². The molecule has 3 atom stereocenters. The third-order valence-electron chi connectivity index (χ3n) is 6.45. The molecule has 9 heteroatoms. The number of nitrogens with one attached hydrogen (secondary N) is 2. The summed E-state index contributed by atoms with van der Waals surface area (Å²) in [7, 11) is 0. The van der Waals surface area contributed by atoms with Gasteiger partial charge in [0.25, 0.3) is 11.8 Å². The highest BCUT2D eigenvalue weighted by atomic mass is 35.5. The van der Waals surface area contributed by atoms with Crippen molar-refractivity contribution in [1.82, 2.24) is 10.6 Å². The number of amides is 2. The molecule has 2 N–H and O–H groups in total. The van der Waals surface area contributed by atoms with Crippen molar-refractivity contribution in [3.63, 3.8) is 0 Å². The quantitative estimate of drug-likeness (QED) is 0.700. The van der Waals surface area contributed by atoms with E-state index in [1.165, 1.54) is 12.1 Å². The number of aliphatic imine (C=N–C) groups is 1. The lowest BCUT2D eigenvalue weighted by Crippen LogP contribution is -2.60. The third kappa shape index (κ3) is 4.99. The number of ether oxygens (including phenoxy) is 1. The van der Waals surface area contributed by atoms with Crippen LogP contribution in [0.3, 0.4) is 0 Å². The van der Waals surface area contributed by atoms with Crippen LogP contribution < -0.4 is 15.4 Å². The molecular weight excluding hydrogens is 423 g/mol. The molecule has 3 saturated carbocycles. The lowest BCUT2D eigenvalue weighted by Gasteiger charge is -2.51. The number of hydrogen-bond acceptors (Lipinski definition) is 5. The lowest BCUT2D eigenvalue weighted by atomic mass is 9.60. The van der Waals surface area contributed by atoms with Gasteiger partial charge in [0.1, 0.15) is 17.3 Å². The molecule has 3 unspecified atom stereocenters. The Labute approximate surface area is 185 Å². The molecule has 164 valence electrons. The summed E-state index contributed by atoms with van der Waals surface area (Å²) < 4.78 is 18.8. The Morgan fingerprint density at radius 1 is 1.23 bits per heavy atom. The van der Waals surface area contributed by atoms with Crippen LogP contribution in [0.1, 0.15) is 32.1 Å². The Bertz CT molecular complexity index is 941. The molecule has 0 saturated heterocycles.